The Balaban J connectivity index is 1.45. The summed E-state index contributed by atoms with van der Waals surface area (Å²) in [5.74, 6) is -0.281. The zero-order chi connectivity index (χ0) is 25.7. The molecule has 37 heavy (non-hydrogen) atoms. The summed E-state index contributed by atoms with van der Waals surface area (Å²) < 4.78 is 17.7. The Hall–Kier alpha value is -3.03. The predicted molar refractivity (Wildman–Crippen MR) is 144 cm³/mol. The van der Waals surface area contributed by atoms with Crippen molar-refractivity contribution in [3.63, 3.8) is 0 Å². The summed E-state index contributed by atoms with van der Waals surface area (Å²) in [6, 6.07) is 9.55. The number of nitrogens with zero attached hydrogens (tertiary/aromatic N) is 2. The van der Waals surface area contributed by atoms with E-state index in [9.17, 15) is 9.59 Å². The molecule has 3 fully saturated rings. The SMILES string of the molecule is Cc1ccc(C(=O)NC2CC2)c(F)c1-c1ccc2c(=O)n(CC3CC3)cc(CN3CCNC[C@H]3C)c2c1. The van der Waals surface area contributed by atoms with Gasteiger partial charge in [-0.05, 0) is 85.7 Å². The summed E-state index contributed by atoms with van der Waals surface area (Å²) in [6.45, 7) is 8.39. The Labute approximate surface area is 216 Å². The fourth-order valence-corrected chi connectivity index (χ4v) is 5.49. The summed E-state index contributed by atoms with van der Waals surface area (Å²) in [6.07, 6.45) is 6.28. The van der Waals surface area contributed by atoms with E-state index < -0.39 is 5.82 Å². The number of rotatable bonds is 7. The lowest BCUT2D eigenvalue weighted by atomic mass is 9.94. The molecule has 0 unspecified atom stereocenters. The van der Waals surface area contributed by atoms with Gasteiger partial charge < -0.3 is 15.2 Å². The van der Waals surface area contributed by atoms with Gasteiger partial charge in [0.05, 0.1) is 5.56 Å². The normalized spacial score (nSPS) is 20.4. The predicted octanol–water partition coefficient (Wildman–Crippen LogP) is 4.21. The molecular weight excluding hydrogens is 467 g/mol. The van der Waals surface area contributed by atoms with E-state index in [1.54, 1.807) is 12.1 Å². The standard InChI is InChI=1S/C30H35FN4O2/c1-18-3-9-25(29(36)33-23-7-8-23)28(31)27(18)21-6-10-24-26(13-21)22(16-34-12-11-32-14-19(34)2)17-35(30(24)37)15-20-4-5-20/h3,6,9-10,13,17,19-20,23,32H,4-5,7-8,11-12,14-16H2,1-2H3,(H,33,36)/t19-/m1/s1. The van der Waals surface area contributed by atoms with Crippen LogP contribution >= 0.6 is 0 Å². The van der Waals surface area contributed by atoms with Crippen LogP contribution in [0, 0.1) is 18.7 Å². The highest BCUT2D eigenvalue weighted by molar-refractivity contribution is 5.97. The minimum atomic E-state index is -0.503. The van der Waals surface area contributed by atoms with E-state index >= 15 is 4.39 Å². The number of aryl methyl sites for hydroxylation is 1. The third-order valence-electron chi connectivity index (χ3n) is 8.13. The third-order valence-corrected chi connectivity index (χ3v) is 8.13. The van der Waals surface area contributed by atoms with E-state index in [0.29, 0.717) is 28.5 Å². The summed E-state index contributed by atoms with van der Waals surface area (Å²) in [5, 5.41) is 7.88. The summed E-state index contributed by atoms with van der Waals surface area (Å²) >= 11 is 0. The highest BCUT2D eigenvalue weighted by atomic mass is 19.1. The Kier molecular flexibility index (Phi) is 6.37. The minimum Gasteiger partial charge on any atom is -0.349 e. The number of piperazine rings is 1. The van der Waals surface area contributed by atoms with Gasteiger partial charge in [-0.15, -0.1) is 0 Å². The molecule has 1 amide bonds. The van der Waals surface area contributed by atoms with Crippen molar-refractivity contribution in [1.82, 2.24) is 20.1 Å². The van der Waals surface area contributed by atoms with E-state index in [1.807, 2.05) is 35.9 Å². The van der Waals surface area contributed by atoms with Gasteiger partial charge in [0.15, 0.2) is 0 Å². The third kappa shape index (κ3) is 4.94. The average molecular weight is 503 g/mol. The number of hydrogen-bond acceptors (Lipinski definition) is 4. The molecule has 7 heteroatoms. The number of carbonyl (C=O) groups is 1. The van der Waals surface area contributed by atoms with Gasteiger partial charge in [0.1, 0.15) is 5.82 Å². The van der Waals surface area contributed by atoms with Crippen molar-refractivity contribution >= 4 is 16.7 Å². The molecule has 1 aliphatic heterocycles. The van der Waals surface area contributed by atoms with E-state index in [2.05, 4.69) is 22.5 Å². The van der Waals surface area contributed by atoms with E-state index in [4.69, 9.17) is 0 Å². The molecule has 2 N–H and O–H groups in total. The van der Waals surface area contributed by atoms with Gasteiger partial charge in [0.25, 0.3) is 11.5 Å². The zero-order valence-corrected chi connectivity index (χ0v) is 21.6. The molecule has 194 valence electrons. The van der Waals surface area contributed by atoms with Crippen molar-refractivity contribution in [2.75, 3.05) is 19.6 Å². The van der Waals surface area contributed by atoms with Gasteiger partial charge in [-0.1, -0.05) is 12.1 Å². The van der Waals surface area contributed by atoms with Gasteiger partial charge in [-0.2, -0.15) is 0 Å². The second kappa shape index (κ2) is 9.69. The quantitative estimate of drug-likeness (QED) is 0.508. The van der Waals surface area contributed by atoms with Crippen LogP contribution in [0.3, 0.4) is 0 Å². The first kappa shape index (κ1) is 24.3. The molecule has 1 atom stereocenters. The van der Waals surface area contributed by atoms with Crippen LogP contribution in [0.15, 0.2) is 41.3 Å². The molecule has 2 aromatic carbocycles. The van der Waals surface area contributed by atoms with Crippen molar-refractivity contribution in [2.45, 2.75) is 64.7 Å². The smallest absolute Gasteiger partial charge is 0.258 e. The lowest BCUT2D eigenvalue weighted by Gasteiger charge is -2.34. The second-order valence-corrected chi connectivity index (χ2v) is 11.2. The minimum absolute atomic E-state index is 0.0142. The maximum atomic E-state index is 15.8. The van der Waals surface area contributed by atoms with Crippen LogP contribution in [-0.4, -0.2) is 47.1 Å². The number of nitrogens with one attached hydrogen (secondary N) is 2. The van der Waals surface area contributed by atoms with Crippen molar-refractivity contribution in [3.8, 4) is 11.1 Å². The Bertz CT molecular complexity index is 1420. The van der Waals surface area contributed by atoms with Crippen LogP contribution in [0.1, 0.15) is 54.1 Å². The van der Waals surface area contributed by atoms with Gasteiger partial charge in [-0.3, -0.25) is 14.5 Å². The lowest BCUT2D eigenvalue weighted by molar-refractivity contribution is 0.0947. The average Bonchev–Trinajstić information content (AvgIpc) is 3.81. The molecular formula is C30H35FN4O2. The topological polar surface area (TPSA) is 66.4 Å². The molecule has 0 radical (unpaired) electrons. The van der Waals surface area contributed by atoms with Crippen LogP contribution in [0.4, 0.5) is 4.39 Å². The first-order valence-electron chi connectivity index (χ1n) is 13.6. The number of pyridine rings is 1. The number of fused-ring (bicyclic) bond motifs is 1. The molecule has 2 aliphatic carbocycles. The van der Waals surface area contributed by atoms with Crippen LogP contribution in [0.5, 0.6) is 0 Å². The van der Waals surface area contributed by atoms with Crippen LogP contribution in [0.2, 0.25) is 0 Å². The van der Waals surface area contributed by atoms with Crippen molar-refractivity contribution in [3.05, 3.63) is 69.4 Å². The number of carbonyl (C=O) groups excluding carboxylic acids is 1. The molecule has 3 aromatic rings. The fraction of sp³-hybridized carbons (Fsp3) is 0.467. The molecule has 1 aromatic heterocycles. The highest BCUT2D eigenvalue weighted by Crippen LogP contribution is 2.34. The van der Waals surface area contributed by atoms with Crippen molar-refractivity contribution in [1.29, 1.82) is 0 Å². The first-order chi connectivity index (χ1) is 17.9. The number of benzene rings is 2. The highest BCUT2D eigenvalue weighted by Gasteiger charge is 2.27. The number of hydrogen-bond donors (Lipinski definition) is 2. The second-order valence-electron chi connectivity index (χ2n) is 11.2. The van der Waals surface area contributed by atoms with Crippen LogP contribution < -0.4 is 16.2 Å². The summed E-state index contributed by atoms with van der Waals surface area (Å²) in [4.78, 5) is 28.6. The molecule has 6 nitrogen and oxygen atoms in total. The van der Waals surface area contributed by atoms with Gasteiger partial charge >= 0.3 is 0 Å². The zero-order valence-electron chi connectivity index (χ0n) is 21.6. The molecule has 2 heterocycles. The van der Waals surface area contributed by atoms with Crippen molar-refractivity contribution < 1.29 is 9.18 Å². The van der Waals surface area contributed by atoms with Crippen LogP contribution in [0.25, 0.3) is 21.9 Å². The summed E-state index contributed by atoms with van der Waals surface area (Å²) in [5.41, 5.74) is 3.06. The number of halogens is 1. The largest absolute Gasteiger partial charge is 0.349 e. The molecule has 0 bridgehead atoms. The molecule has 3 aliphatic rings. The maximum Gasteiger partial charge on any atom is 0.258 e. The molecule has 1 saturated heterocycles. The van der Waals surface area contributed by atoms with Gasteiger partial charge in [0, 0.05) is 62.0 Å². The van der Waals surface area contributed by atoms with Crippen LogP contribution in [-0.2, 0) is 13.1 Å². The molecule has 0 spiro atoms. The van der Waals surface area contributed by atoms with Crippen molar-refractivity contribution in [2.24, 2.45) is 5.92 Å². The monoisotopic (exact) mass is 502 g/mol. The Morgan fingerprint density at radius 2 is 1.95 bits per heavy atom. The lowest BCUT2D eigenvalue weighted by Crippen LogP contribution is -2.49. The molecule has 2 saturated carbocycles. The van der Waals surface area contributed by atoms with Gasteiger partial charge in [-0.25, -0.2) is 4.39 Å². The van der Waals surface area contributed by atoms with E-state index in [-0.39, 0.29) is 23.1 Å². The van der Waals surface area contributed by atoms with E-state index in [1.165, 1.54) is 12.8 Å². The Morgan fingerprint density at radius 3 is 2.68 bits per heavy atom. The number of amides is 1. The maximum absolute atomic E-state index is 15.8. The Morgan fingerprint density at radius 1 is 1.14 bits per heavy atom. The first-order valence-corrected chi connectivity index (χ1v) is 13.6. The van der Waals surface area contributed by atoms with Gasteiger partial charge in [0.2, 0.25) is 0 Å². The van der Waals surface area contributed by atoms with E-state index in [0.717, 1.165) is 62.1 Å². The summed E-state index contributed by atoms with van der Waals surface area (Å²) in [7, 11) is 0. The number of aromatic nitrogens is 1. The fourth-order valence-electron chi connectivity index (χ4n) is 5.49. The molecule has 6 rings (SSSR count).